The van der Waals surface area contributed by atoms with Crippen LogP contribution in [0, 0.1) is 11.8 Å². The van der Waals surface area contributed by atoms with Gasteiger partial charge in [0.15, 0.2) is 0 Å². The first kappa shape index (κ1) is 12.2. The van der Waals surface area contributed by atoms with Crippen LogP contribution in [0.4, 0.5) is 5.82 Å². The van der Waals surface area contributed by atoms with Crippen LogP contribution in [0.2, 0.25) is 0 Å². The molecule has 2 heterocycles. The second-order valence-electron chi connectivity index (χ2n) is 6.31. The van der Waals surface area contributed by atoms with E-state index in [2.05, 4.69) is 33.4 Å². The van der Waals surface area contributed by atoms with Crippen LogP contribution in [0.15, 0.2) is 12.5 Å². The Balaban J connectivity index is 1.56. The number of aromatic amines is 1. The summed E-state index contributed by atoms with van der Waals surface area (Å²) in [5, 5.41) is 4.86. The molecule has 4 nitrogen and oxygen atoms in total. The van der Waals surface area contributed by atoms with Crippen molar-refractivity contribution in [2.75, 3.05) is 5.32 Å². The Morgan fingerprint density at radius 1 is 1.30 bits per heavy atom. The molecule has 4 rings (SSSR count). The topological polar surface area (TPSA) is 53.6 Å². The lowest BCUT2D eigenvalue weighted by Gasteiger charge is -2.10. The van der Waals surface area contributed by atoms with Crippen molar-refractivity contribution < 1.29 is 0 Å². The minimum absolute atomic E-state index is 0.635. The van der Waals surface area contributed by atoms with Crippen LogP contribution in [0.25, 0.3) is 11.0 Å². The van der Waals surface area contributed by atoms with E-state index in [0.717, 1.165) is 29.7 Å². The molecule has 0 aromatic carbocycles. The number of hydrogen-bond donors (Lipinski definition) is 2. The average Bonchev–Trinajstić information content (AvgIpc) is 2.94. The molecule has 0 aliphatic heterocycles. The Kier molecular flexibility index (Phi) is 2.90. The van der Waals surface area contributed by atoms with Crippen molar-refractivity contribution in [1.29, 1.82) is 0 Å². The minimum atomic E-state index is 0.635. The Morgan fingerprint density at radius 3 is 2.95 bits per heavy atom. The quantitative estimate of drug-likeness (QED) is 0.894. The Hall–Kier alpha value is -1.58. The number of nitrogens with one attached hydrogen (secondary N) is 2. The van der Waals surface area contributed by atoms with Crippen LogP contribution < -0.4 is 5.32 Å². The molecule has 2 aromatic rings. The third-order valence-corrected chi connectivity index (χ3v) is 5.10. The van der Waals surface area contributed by atoms with Gasteiger partial charge in [-0.3, -0.25) is 0 Å². The molecule has 2 unspecified atom stereocenters. The largest absolute Gasteiger partial charge is 0.366 e. The van der Waals surface area contributed by atoms with Gasteiger partial charge in [-0.1, -0.05) is 32.6 Å². The summed E-state index contributed by atoms with van der Waals surface area (Å²) < 4.78 is 0. The fraction of sp³-hybridized carbons (Fsp3) is 0.625. The molecule has 0 radical (unpaired) electrons. The van der Waals surface area contributed by atoms with E-state index in [1.807, 2.05) is 0 Å². The minimum Gasteiger partial charge on any atom is -0.366 e. The van der Waals surface area contributed by atoms with E-state index in [1.54, 1.807) is 6.33 Å². The van der Waals surface area contributed by atoms with Crippen LogP contribution in [-0.4, -0.2) is 21.0 Å². The molecule has 0 bridgehead atoms. The third kappa shape index (κ3) is 1.98. The van der Waals surface area contributed by atoms with Crippen molar-refractivity contribution in [3.05, 3.63) is 18.1 Å². The number of hydrogen-bond acceptors (Lipinski definition) is 3. The lowest BCUT2D eigenvalue weighted by atomic mass is 10.0. The van der Waals surface area contributed by atoms with Gasteiger partial charge in [0, 0.05) is 12.2 Å². The van der Waals surface area contributed by atoms with E-state index in [4.69, 9.17) is 0 Å². The lowest BCUT2D eigenvalue weighted by molar-refractivity contribution is 0.473. The van der Waals surface area contributed by atoms with E-state index in [9.17, 15) is 0 Å². The first-order valence-electron chi connectivity index (χ1n) is 7.94. The first-order chi connectivity index (χ1) is 9.86. The zero-order chi connectivity index (χ0) is 13.5. The van der Waals surface area contributed by atoms with Gasteiger partial charge < -0.3 is 10.3 Å². The molecule has 2 N–H and O–H groups in total. The Morgan fingerprint density at radius 2 is 2.15 bits per heavy atom. The summed E-state index contributed by atoms with van der Waals surface area (Å²) in [7, 11) is 0. The molecular formula is C16H22N4. The van der Waals surface area contributed by atoms with Gasteiger partial charge in [-0.2, -0.15) is 0 Å². The van der Waals surface area contributed by atoms with E-state index < -0.39 is 0 Å². The van der Waals surface area contributed by atoms with Gasteiger partial charge in [0.05, 0.1) is 5.39 Å². The van der Waals surface area contributed by atoms with Crippen molar-refractivity contribution in [3.8, 4) is 0 Å². The summed E-state index contributed by atoms with van der Waals surface area (Å²) in [5.41, 5.74) is 2.26. The number of rotatable bonds is 4. The lowest BCUT2D eigenvalue weighted by Crippen LogP contribution is -2.10. The summed E-state index contributed by atoms with van der Waals surface area (Å²) in [5.74, 6) is 2.87. The number of H-pyrrole nitrogens is 1. The monoisotopic (exact) mass is 270 g/mol. The maximum atomic E-state index is 4.49. The fourth-order valence-electron chi connectivity index (χ4n) is 3.88. The highest BCUT2D eigenvalue weighted by molar-refractivity contribution is 5.90. The molecule has 0 amide bonds. The highest BCUT2D eigenvalue weighted by Gasteiger charge is 2.43. The SMILES string of the molecule is CCc1c[nH]c2ncnc(NC3CC3C3CCCC3)c12. The van der Waals surface area contributed by atoms with Gasteiger partial charge in [-0.15, -0.1) is 0 Å². The summed E-state index contributed by atoms with van der Waals surface area (Å²) in [6, 6.07) is 0.635. The van der Waals surface area contributed by atoms with Crippen LogP contribution in [0.5, 0.6) is 0 Å². The predicted molar refractivity (Wildman–Crippen MR) is 80.7 cm³/mol. The molecule has 2 saturated carbocycles. The van der Waals surface area contributed by atoms with Crippen molar-refractivity contribution in [2.24, 2.45) is 11.8 Å². The van der Waals surface area contributed by atoms with Crippen molar-refractivity contribution >= 4 is 16.9 Å². The second kappa shape index (κ2) is 4.76. The number of aryl methyl sites for hydroxylation is 1. The summed E-state index contributed by atoms with van der Waals surface area (Å²) >= 11 is 0. The van der Waals surface area contributed by atoms with Gasteiger partial charge >= 0.3 is 0 Å². The smallest absolute Gasteiger partial charge is 0.143 e. The van der Waals surface area contributed by atoms with Crippen molar-refractivity contribution in [1.82, 2.24) is 15.0 Å². The zero-order valence-electron chi connectivity index (χ0n) is 12.0. The zero-order valence-corrected chi connectivity index (χ0v) is 12.0. The summed E-state index contributed by atoms with van der Waals surface area (Å²) in [4.78, 5) is 12.1. The van der Waals surface area contributed by atoms with Crippen LogP contribution in [0.3, 0.4) is 0 Å². The maximum Gasteiger partial charge on any atom is 0.143 e. The van der Waals surface area contributed by atoms with Gasteiger partial charge in [-0.05, 0) is 30.2 Å². The second-order valence-corrected chi connectivity index (χ2v) is 6.31. The molecule has 0 spiro atoms. The van der Waals surface area contributed by atoms with Gasteiger partial charge in [0.25, 0.3) is 0 Å². The maximum absolute atomic E-state index is 4.49. The molecule has 4 heteroatoms. The van der Waals surface area contributed by atoms with Crippen molar-refractivity contribution in [2.45, 2.75) is 51.5 Å². The molecular weight excluding hydrogens is 248 g/mol. The predicted octanol–water partition coefficient (Wildman–Crippen LogP) is 3.51. The molecule has 2 atom stereocenters. The normalized spacial score (nSPS) is 26.2. The van der Waals surface area contributed by atoms with E-state index >= 15 is 0 Å². The van der Waals surface area contributed by atoms with Gasteiger partial charge in [0.2, 0.25) is 0 Å². The molecule has 2 aliphatic rings. The van der Waals surface area contributed by atoms with E-state index in [1.165, 1.54) is 43.1 Å². The molecule has 2 fully saturated rings. The molecule has 2 aliphatic carbocycles. The van der Waals surface area contributed by atoms with Gasteiger partial charge in [-0.25, -0.2) is 9.97 Å². The number of aromatic nitrogens is 3. The number of nitrogens with zero attached hydrogens (tertiary/aromatic N) is 2. The molecule has 20 heavy (non-hydrogen) atoms. The van der Waals surface area contributed by atoms with Gasteiger partial charge in [0.1, 0.15) is 17.8 Å². The van der Waals surface area contributed by atoms with Crippen LogP contribution in [-0.2, 0) is 6.42 Å². The van der Waals surface area contributed by atoms with Crippen LogP contribution in [0.1, 0.15) is 44.6 Å². The standard InChI is InChI=1S/C16H22N4/c1-2-10-8-17-15-14(10)16(19-9-18-15)20-13-7-12(13)11-5-3-4-6-11/h8-9,11-13H,2-7H2,1H3,(H2,17,18,19,20). The highest BCUT2D eigenvalue weighted by Crippen LogP contribution is 2.46. The molecule has 0 saturated heterocycles. The van der Waals surface area contributed by atoms with E-state index in [0.29, 0.717) is 6.04 Å². The highest BCUT2D eigenvalue weighted by atomic mass is 15.1. The van der Waals surface area contributed by atoms with E-state index in [-0.39, 0.29) is 0 Å². The molecule has 2 aromatic heterocycles. The van der Waals surface area contributed by atoms with Crippen molar-refractivity contribution in [3.63, 3.8) is 0 Å². The first-order valence-corrected chi connectivity index (χ1v) is 7.94. The Bertz CT molecular complexity index is 612. The average molecular weight is 270 g/mol. The number of anilines is 1. The number of fused-ring (bicyclic) bond motifs is 1. The van der Waals surface area contributed by atoms with Crippen LogP contribution >= 0.6 is 0 Å². The summed E-state index contributed by atoms with van der Waals surface area (Å²) in [6.45, 7) is 2.18. The molecule has 106 valence electrons. The third-order valence-electron chi connectivity index (χ3n) is 5.10. The fourth-order valence-corrected chi connectivity index (χ4v) is 3.88. The Labute approximate surface area is 119 Å². The summed E-state index contributed by atoms with van der Waals surface area (Å²) in [6.07, 6.45) is 11.8.